The molecule has 1 atom stereocenters. The topological polar surface area (TPSA) is 47.6 Å². The monoisotopic (exact) mass is 291 g/mol. The summed E-state index contributed by atoms with van der Waals surface area (Å²) < 4.78 is 10.5. The minimum Gasteiger partial charge on any atom is -0.493 e. The number of hydrogen-bond acceptors (Lipinski definition) is 3. The quantitative estimate of drug-likeness (QED) is 0.873. The molecule has 1 unspecified atom stereocenters. The number of benzene rings is 1. The van der Waals surface area contributed by atoms with Crippen LogP contribution in [0, 0.1) is 5.92 Å². The Morgan fingerprint density at radius 3 is 2.52 bits per heavy atom. The number of amides is 1. The van der Waals surface area contributed by atoms with Gasteiger partial charge in [-0.15, -0.1) is 0 Å². The summed E-state index contributed by atoms with van der Waals surface area (Å²) in [5, 5.41) is 3.08. The van der Waals surface area contributed by atoms with Crippen molar-refractivity contribution in [2.75, 3.05) is 14.2 Å². The van der Waals surface area contributed by atoms with Gasteiger partial charge in [0.05, 0.1) is 20.3 Å². The van der Waals surface area contributed by atoms with Crippen LogP contribution < -0.4 is 14.8 Å². The van der Waals surface area contributed by atoms with E-state index >= 15 is 0 Å². The third kappa shape index (κ3) is 4.13. The fourth-order valence-electron chi connectivity index (χ4n) is 2.98. The van der Waals surface area contributed by atoms with E-state index in [1.54, 1.807) is 14.2 Å². The first-order valence-corrected chi connectivity index (χ1v) is 7.65. The van der Waals surface area contributed by atoms with Gasteiger partial charge in [0.1, 0.15) is 0 Å². The van der Waals surface area contributed by atoms with E-state index < -0.39 is 0 Å². The van der Waals surface area contributed by atoms with Crippen LogP contribution in [-0.2, 0) is 4.79 Å². The zero-order chi connectivity index (χ0) is 15.2. The predicted molar refractivity (Wildman–Crippen MR) is 82.7 cm³/mol. The van der Waals surface area contributed by atoms with Crippen molar-refractivity contribution in [1.82, 2.24) is 5.32 Å². The van der Waals surface area contributed by atoms with E-state index in [-0.39, 0.29) is 11.9 Å². The van der Waals surface area contributed by atoms with Gasteiger partial charge in [-0.2, -0.15) is 0 Å². The lowest BCUT2D eigenvalue weighted by atomic mass is 10.0. The summed E-state index contributed by atoms with van der Waals surface area (Å²) in [7, 11) is 3.23. The molecule has 0 radical (unpaired) electrons. The molecule has 0 bridgehead atoms. The molecular weight excluding hydrogens is 266 g/mol. The lowest BCUT2D eigenvalue weighted by Crippen LogP contribution is -2.28. The third-order valence-corrected chi connectivity index (χ3v) is 4.23. The van der Waals surface area contributed by atoms with Crippen molar-refractivity contribution < 1.29 is 14.3 Å². The van der Waals surface area contributed by atoms with Crippen LogP contribution in [0.4, 0.5) is 0 Å². The fourth-order valence-corrected chi connectivity index (χ4v) is 2.98. The summed E-state index contributed by atoms with van der Waals surface area (Å²) in [6.45, 7) is 1.99. The molecule has 0 aliphatic heterocycles. The van der Waals surface area contributed by atoms with Crippen LogP contribution in [0.1, 0.15) is 50.6 Å². The second kappa shape index (κ2) is 7.34. The molecule has 1 amide bonds. The Bertz CT molecular complexity index is 481. The molecular formula is C17H25NO3. The molecule has 0 aromatic heterocycles. The SMILES string of the molecule is COc1ccc(C(C)NC(=O)CC2CCCC2)cc1OC. The highest BCUT2D eigenvalue weighted by Crippen LogP contribution is 2.30. The molecule has 1 saturated carbocycles. The maximum Gasteiger partial charge on any atom is 0.220 e. The van der Waals surface area contributed by atoms with E-state index in [9.17, 15) is 4.79 Å². The number of ether oxygens (including phenoxy) is 2. The molecule has 4 heteroatoms. The van der Waals surface area contributed by atoms with Crippen LogP contribution in [-0.4, -0.2) is 20.1 Å². The van der Waals surface area contributed by atoms with Crippen LogP contribution in [0.2, 0.25) is 0 Å². The number of nitrogens with one attached hydrogen (secondary N) is 1. The molecule has 0 heterocycles. The zero-order valence-electron chi connectivity index (χ0n) is 13.1. The third-order valence-electron chi connectivity index (χ3n) is 4.23. The Balaban J connectivity index is 1.95. The predicted octanol–water partition coefficient (Wildman–Crippen LogP) is 3.46. The highest BCUT2D eigenvalue weighted by atomic mass is 16.5. The average Bonchev–Trinajstić information content (AvgIpc) is 2.99. The van der Waals surface area contributed by atoms with E-state index in [1.165, 1.54) is 25.7 Å². The van der Waals surface area contributed by atoms with Crippen molar-refractivity contribution in [1.29, 1.82) is 0 Å². The van der Waals surface area contributed by atoms with Gasteiger partial charge in [-0.3, -0.25) is 4.79 Å². The van der Waals surface area contributed by atoms with Gasteiger partial charge in [0.25, 0.3) is 0 Å². The summed E-state index contributed by atoms with van der Waals surface area (Å²) in [5.74, 6) is 2.10. The van der Waals surface area contributed by atoms with Crippen LogP contribution in [0.3, 0.4) is 0 Å². The molecule has 0 spiro atoms. The normalized spacial score (nSPS) is 16.5. The lowest BCUT2D eigenvalue weighted by Gasteiger charge is -2.17. The number of hydrogen-bond donors (Lipinski definition) is 1. The first kappa shape index (κ1) is 15.7. The second-order valence-electron chi connectivity index (χ2n) is 5.76. The van der Waals surface area contributed by atoms with E-state index in [2.05, 4.69) is 5.32 Å². The van der Waals surface area contributed by atoms with Crippen molar-refractivity contribution >= 4 is 5.91 Å². The van der Waals surface area contributed by atoms with Gasteiger partial charge in [0.2, 0.25) is 5.91 Å². The van der Waals surface area contributed by atoms with Gasteiger partial charge in [-0.25, -0.2) is 0 Å². The van der Waals surface area contributed by atoms with Gasteiger partial charge >= 0.3 is 0 Å². The van der Waals surface area contributed by atoms with Crippen LogP contribution in [0.5, 0.6) is 11.5 Å². The minimum atomic E-state index is -0.0290. The van der Waals surface area contributed by atoms with Gasteiger partial charge in [-0.05, 0) is 43.4 Å². The number of carbonyl (C=O) groups excluding carboxylic acids is 1. The van der Waals surface area contributed by atoms with Crippen LogP contribution >= 0.6 is 0 Å². The molecule has 1 N–H and O–H groups in total. The molecule has 116 valence electrons. The highest BCUT2D eigenvalue weighted by Gasteiger charge is 2.20. The van der Waals surface area contributed by atoms with Gasteiger partial charge < -0.3 is 14.8 Å². The number of methoxy groups -OCH3 is 2. The summed E-state index contributed by atoms with van der Waals surface area (Å²) >= 11 is 0. The largest absolute Gasteiger partial charge is 0.493 e. The summed E-state index contributed by atoms with van der Waals surface area (Å²) in [6.07, 6.45) is 5.57. The van der Waals surface area contributed by atoms with Gasteiger partial charge in [-0.1, -0.05) is 18.9 Å². The van der Waals surface area contributed by atoms with Crippen molar-refractivity contribution in [3.63, 3.8) is 0 Å². The Labute approximate surface area is 126 Å². The first-order chi connectivity index (χ1) is 10.1. The maximum absolute atomic E-state index is 12.1. The Morgan fingerprint density at radius 1 is 1.24 bits per heavy atom. The highest BCUT2D eigenvalue weighted by molar-refractivity contribution is 5.76. The van der Waals surface area contributed by atoms with E-state index in [0.717, 1.165) is 5.56 Å². The first-order valence-electron chi connectivity index (χ1n) is 7.65. The average molecular weight is 291 g/mol. The van der Waals surface area contributed by atoms with Crippen molar-refractivity contribution in [2.24, 2.45) is 5.92 Å². The number of carbonyl (C=O) groups is 1. The van der Waals surface area contributed by atoms with Crippen molar-refractivity contribution in [3.8, 4) is 11.5 Å². The van der Waals surface area contributed by atoms with E-state index in [1.807, 2.05) is 25.1 Å². The Kier molecular flexibility index (Phi) is 5.48. The van der Waals surface area contributed by atoms with Crippen molar-refractivity contribution in [3.05, 3.63) is 23.8 Å². The minimum absolute atomic E-state index is 0.0290. The molecule has 1 fully saturated rings. The summed E-state index contributed by atoms with van der Waals surface area (Å²) in [5.41, 5.74) is 1.02. The van der Waals surface area contributed by atoms with E-state index in [4.69, 9.17) is 9.47 Å². The standard InChI is InChI=1S/C17H25NO3/c1-12(18-17(19)10-13-6-4-5-7-13)14-8-9-15(20-2)16(11-14)21-3/h8-9,11-13H,4-7,10H2,1-3H3,(H,18,19). The lowest BCUT2D eigenvalue weighted by molar-refractivity contribution is -0.122. The van der Waals surface area contributed by atoms with E-state index in [0.29, 0.717) is 23.8 Å². The molecule has 0 saturated heterocycles. The Hall–Kier alpha value is -1.71. The molecule has 21 heavy (non-hydrogen) atoms. The van der Waals surface area contributed by atoms with Gasteiger partial charge in [0.15, 0.2) is 11.5 Å². The molecule has 2 rings (SSSR count). The van der Waals surface area contributed by atoms with Crippen molar-refractivity contribution in [2.45, 2.75) is 45.1 Å². The number of rotatable bonds is 6. The van der Waals surface area contributed by atoms with Crippen LogP contribution in [0.25, 0.3) is 0 Å². The summed E-state index contributed by atoms with van der Waals surface area (Å²) in [6, 6.07) is 5.72. The molecule has 4 nitrogen and oxygen atoms in total. The smallest absolute Gasteiger partial charge is 0.220 e. The van der Waals surface area contributed by atoms with Gasteiger partial charge in [0, 0.05) is 6.42 Å². The zero-order valence-corrected chi connectivity index (χ0v) is 13.1. The second-order valence-corrected chi connectivity index (χ2v) is 5.76. The Morgan fingerprint density at radius 2 is 1.90 bits per heavy atom. The maximum atomic E-state index is 12.1. The van der Waals surface area contributed by atoms with Crippen LogP contribution in [0.15, 0.2) is 18.2 Å². The molecule has 1 aromatic carbocycles. The molecule has 1 aliphatic carbocycles. The molecule has 1 aliphatic rings. The fraction of sp³-hybridized carbons (Fsp3) is 0.588. The summed E-state index contributed by atoms with van der Waals surface area (Å²) in [4.78, 5) is 12.1. The molecule has 1 aromatic rings.